The minimum atomic E-state index is -4.12. The molecule has 208 valence electrons. The van der Waals surface area contributed by atoms with Crippen LogP contribution in [0.2, 0.25) is 0 Å². The minimum absolute atomic E-state index is 0.00267. The molecule has 39 heavy (non-hydrogen) atoms. The van der Waals surface area contributed by atoms with Gasteiger partial charge in [0.2, 0.25) is 11.8 Å². The highest BCUT2D eigenvalue weighted by molar-refractivity contribution is 7.92. The normalized spacial score (nSPS) is 12.3. The van der Waals surface area contributed by atoms with Crippen LogP contribution in [0.5, 0.6) is 0 Å². The van der Waals surface area contributed by atoms with Gasteiger partial charge in [0, 0.05) is 12.6 Å². The zero-order chi connectivity index (χ0) is 28.7. The molecule has 0 aliphatic carbocycles. The lowest BCUT2D eigenvalue weighted by molar-refractivity contribution is -0.139. The highest BCUT2D eigenvalue weighted by Crippen LogP contribution is 2.26. The first kappa shape index (κ1) is 29.8. The van der Waals surface area contributed by atoms with Crippen LogP contribution in [0.25, 0.3) is 0 Å². The van der Waals surface area contributed by atoms with Gasteiger partial charge in [-0.3, -0.25) is 13.9 Å². The minimum Gasteiger partial charge on any atom is -0.352 e. The van der Waals surface area contributed by atoms with Crippen molar-refractivity contribution < 1.29 is 22.4 Å². The van der Waals surface area contributed by atoms with Crippen molar-refractivity contribution in [2.45, 2.75) is 64.1 Å². The Morgan fingerprint density at radius 1 is 0.846 bits per heavy atom. The molecular weight excluding hydrogens is 517 g/mol. The van der Waals surface area contributed by atoms with E-state index in [4.69, 9.17) is 0 Å². The van der Waals surface area contributed by atoms with E-state index in [0.717, 1.165) is 9.87 Å². The molecule has 1 N–H and O–H groups in total. The lowest BCUT2D eigenvalue weighted by Crippen LogP contribution is -2.52. The van der Waals surface area contributed by atoms with Crippen LogP contribution in [-0.4, -0.2) is 43.8 Å². The van der Waals surface area contributed by atoms with Gasteiger partial charge in [-0.25, -0.2) is 12.8 Å². The van der Waals surface area contributed by atoms with Crippen LogP contribution in [0.3, 0.4) is 0 Å². The number of amides is 2. The molecule has 0 saturated heterocycles. The summed E-state index contributed by atoms with van der Waals surface area (Å²) in [6.45, 7) is 8.75. The van der Waals surface area contributed by atoms with Crippen molar-refractivity contribution in [1.82, 2.24) is 10.2 Å². The summed E-state index contributed by atoms with van der Waals surface area (Å²) >= 11 is 0. The summed E-state index contributed by atoms with van der Waals surface area (Å²) in [5, 5.41) is 2.81. The summed E-state index contributed by atoms with van der Waals surface area (Å²) in [7, 11) is -4.12. The number of hydrogen-bond acceptors (Lipinski definition) is 4. The Morgan fingerprint density at radius 3 is 1.97 bits per heavy atom. The number of hydrogen-bond donors (Lipinski definition) is 1. The van der Waals surface area contributed by atoms with Crippen LogP contribution in [0.15, 0.2) is 83.8 Å². The van der Waals surface area contributed by atoms with Gasteiger partial charge in [0.25, 0.3) is 10.0 Å². The smallest absolute Gasteiger partial charge is 0.264 e. The summed E-state index contributed by atoms with van der Waals surface area (Å²) < 4.78 is 42.2. The van der Waals surface area contributed by atoms with Crippen molar-refractivity contribution >= 4 is 27.5 Å². The molecule has 1 unspecified atom stereocenters. The van der Waals surface area contributed by atoms with Crippen LogP contribution in [0.4, 0.5) is 10.1 Å². The first-order chi connectivity index (χ1) is 18.4. The number of carbonyl (C=O) groups is 2. The second kappa shape index (κ2) is 12.9. The predicted molar refractivity (Wildman–Crippen MR) is 151 cm³/mol. The fraction of sp³-hybridized carbons (Fsp3) is 0.333. The van der Waals surface area contributed by atoms with E-state index in [2.05, 4.69) is 5.32 Å². The van der Waals surface area contributed by atoms with Crippen molar-refractivity contribution in [2.75, 3.05) is 10.8 Å². The van der Waals surface area contributed by atoms with E-state index in [1.807, 2.05) is 39.8 Å². The second-order valence-corrected chi connectivity index (χ2v) is 11.9. The standard InChI is InChI=1S/C30H36FN3O4S/c1-21(2)25-13-17-27(18-14-25)34(39(37,38)28-9-7-6-8-10-28)20-29(35)33(23(5)30(36)32-22(3)4)19-24-11-15-26(31)16-12-24/h6-18,21-23H,19-20H2,1-5H3,(H,32,36). The Labute approximate surface area is 230 Å². The maximum absolute atomic E-state index is 13.8. The maximum Gasteiger partial charge on any atom is 0.264 e. The molecule has 2 amide bonds. The number of nitrogens with one attached hydrogen (secondary N) is 1. The van der Waals surface area contributed by atoms with Crippen molar-refractivity contribution in [3.05, 3.63) is 95.8 Å². The summed E-state index contributed by atoms with van der Waals surface area (Å²) in [6.07, 6.45) is 0. The molecule has 0 heterocycles. The third-order valence-corrected chi connectivity index (χ3v) is 8.11. The molecule has 3 rings (SSSR count). The first-order valence-electron chi connectivity index (χ1n) is 12.9. The Balaban J connectivity index is 2.02. The molecular formula is C30H36FN3O4S. The number of sulfonamides is 1. The SMILES string of the molecule is CC(C)NC(=O)C(C)N(Cc1ccc(F)cc1)C(=O)CN(c1ccc(C(C)C)cc1)S(=O)(=O)c1ccccc1. The third-order valence-electron chi connectivity index (χ3n) is 6.32. The van der Waals surface area contributed by atoms with Gasteiger partial charge in [0.1, 0.15) is 18.4 Å². The summed E-state index contributed by atoms with van der Waals surface area (Å²) in [6, 6.07) is 19.5. The van der Waals surface area contributed by atoms with Crippen LogP contribution in [0, 0.1) is 5.82 Å². The number of benzene rings is 3. The molecule has 0 aliphatic rings. The Hall–Kier alpha value is -3.72. The molecule has 0 bridgehead atoms. The molecule has 0 saturated carbocycles. The van der Waals surface area contributed by atoms with E-state index in [0.29, 0.717) is 11.3 Å². The average molecular weight is 554 g/mol. The highest BCUT2D eigenvalue weighted by atomic mass is 32.2. The highest BCUT2D eigenvalue weighted by Gasteiger charge is 2.32. The number of carbonyl (C=O) groups excluding carboxylic acids is 2. The van der Waals surface area contributed by atoms with E-state index in [1.54, 1.807) is 37.3 Å². The predicted octanol–water partition coefficient (Wildman–Crippen LogP) is 5.09. The van der Waals surface area contributed by atoms with Gasteiger partial charge in [0.15, 0.2) is 0 Å². The van der Waals surface area contributed by atoms with Gasteiger partial charge in [0.05, 0.1) is 10.6 Å². The van der Waals surface area contributed by atoms with Gasteiger partial charge in [-0.1, -0.05) is 56.3 Å². The Morgan fingerprint density at radius 2 is 1.44 bits per heavy atom. The zero-order valence-electron chi connectivity index (χ0n) is 23.0. The number of anilines is 1. The maximum atomic E-state index is 13.8. The summed E-state index contributed by atoms with van der Waals surface area (Å²) in [5.74, 6) is -1.13. The lowest BCUT2D eigenvalue weighted by atomic mass is 10.0. The molecule has 0 radical (unpaired) electrons. The van der Waals surface area contributed by atoms with Crippen LogP contribution in [-0.2, 0) is 26.2 Å². The van der Waals surface area contributed by atoms with Gasteiger partial charge >= 0.3 is 0 Å². The van der Waals surface area contributed by atoms with Crippen molar-refractivity contribution in [1.29, 1.82) is 0 Å². The molecule has 7 nitrogen and oxygen atoms in total. The van der Waals surface area contributed by atoms with Crippen LogP contribution >= 0.6 is 0 Å². The molecule has 0 aliphatic heterocycles. The van der Waals surface area contributed by atoms with Gasteiger partial charge in [-0.05, 0) is 74.2 Å². The van der Waals surface area contributed by atoms with Gasteiger partial charge in [-0.15, -0.1) is 0 Å². The van der Waals surface area contributed by atoms with E-state index < -0.39 is 34.3 Å². The molecule has 0 fully saturated rings. The molecule has 9 heteroatoms. The zero-order valence-corrected chi connectivity index (χ0v) is 23.8. The van der Waals surface area contributed by atoms with Gasteiger partial charge in [-0.2, -0.15) is 0 Å². The van der Waals surface area contributed by atoms with Crippen molar-refractivity contribution in [3.8, 4) is 0 Å². The Kier molecular flexibility index (Phi) is 9.86. The largest absolute Gasteiger partial charge is 0.352 e. The first-order valence-corrected chi connectivity index (χ1v) is 14.4. The monoisotopic (exact) mass is 553 g/mol. The molecule has 0 spiro atoms. The molecule has 3 aromatic rings. The quantitative estimate of drug-likeness (QED) is 0.359. The van der Waals surface area contributed by atoms with E-state index in [9.17, 15) is 22.4 Å². The molecule has 1 atom stereocenters. The van der Waals surface area contributed by atoms with Gasteiger partial charge < -0.3 is 10.2 Å². The Bertz CT molecular complexity index is 1360. The van der Waals surface area contributed by atoms with E-state index in [-0.39, 0.29) is 29.3 Å². The van der Waals surface area contributed by atoms with Crippen LogP contribution in [0.1, 0.15) is 51.7 Å². The number of rotatable bonds is 11. The summed E-state index contributed by atoms with van der Waals surface area (Å²) in [5.41, 5.74) is 1.96. The second-order valence-electron chi connectivity index (χ2n) is 10.1. The fourth-order valence-corrected chi connectivity index (χ4v) is 5.48. The number of halogens is 1. The third kappa shape index (κ3) is 7.66. The molecule has 3 aromatic carbocycles. The lowest BCUT2D eigenvalue weighted by Gasteiger charge is -2.32. The van der Waals surface area contributed by atoms with E-state index >= 15 is 0 Å². The van der Waals surface area contributed by atoms with Crippen LogP contribution < -0.4 is 9.62 Å². The van der Waals surface area contributed by atoms with Crippen molar-refractivity contribution in [3.63, 3.8) is 0 Å². The topological polar surface area (TPSA) is 86.8 Å². The van der Waals surface area contributed by atoms with E-state index in [1.165, 1.54) is 41.3 Å². The summed E-state index contributed by atoms with van der Waals surface area (Å²) in [4.78, 5) is 28.1. The molecule has 0 aromatic heterocycles. The van der Waals surface area contributed by atoms with Crippen molar-refractivity contribution in [2.24, 2.45) is 0 Å². The average Bonchev–Trinajstić information content (AvgIpc) is 2.91. The number of nitrogens with zero attached hydrogens (tertiary/aromatic N) is 2. The fourth-order valence-electron chi connectivity index (χ4n) is 4.05.